The van der Waals surface area contributed by atoms with Gasteiger partial charge >= 0.3 is 0 Å². The number of anilines is 1. The molecule has 0 amide bonds. The molecule has 1 aliphatic heterocycles. The second kappa shape index (κ2) is 8.76. The largest absolute Gasteiger partial charge is 0.482 e. The Labute approximate surface area is 164 Å². The first kappa shape index (κ1) is 18.3. The van der Waals surface area contributed by atoms with Crippen molar-refractivity contribution in [3.63, 3.8) is 0 Å². The molecule has 0 saturated carbocycles. The first-order chi connectivity index (χ1) is 13.8. The van der Waals surface area contributed by atoms with E-state index in [4.69, 9.17) is 9.15 Å². The maximum absolute atomic E-state index is 12.3. The van der Waals surface area contributed by atoms with Crippen LogP contribution in [0.5, 0.6) is 5.75 Å². The smallest absolute Gasteiger partial charge is 0.227 e. The number of para-hydroxylation sites is 1. The number of piperazine rings is 1. The first-order valence-electron chi connectivity index (χ1n) is 9.70. The van der Waals surface area contributed by atoms with Crippen LogP contribution in [-0.2, 0) is 13.2 Å². The second-order valence-electron chi connectivity index (χ2n) is 7.10. The van der Waals surface area contributed by atoms with Gasteiger partial charge in [0.25, 0.3) is 0 Å². The molecule has 0 atom stereocenters. The molecule has 1 saturated heterocycles. The van der Waals surface area contributed by atoms with Crippen molar-refractivity contribution in [2.75, 3.05) is 31.1 Å². The third-order valence-electron chi connectivity index (χ3n) is 5.11. The molecule has 4 rings (SSSR count). The molecule has 0 spiro atoms. The summed E-state index contributed by atoms with van der Waals surface area (Å²) in [5.74, 6) is 0.969. The van der Waals surface area contributed by atoms with Gasteiger partial charge in [0.15, 0.2) is 5.76 Å². The fraction of sp³-hybridized carbons (Fsp3) is 0.261. The third kappa shape index (κ3) is 4.61. The van der Waals surface area contributed by atoms with Gasteiger partial charge in [-0.1, -0.05) is 48.5 Å². The van der Waals surface area contributed by atoms with Gasteiger partial charge in [0, 0.05) is 11.8 Å². The summed E-state index contributed by atoms with van der Waals surface area (Å²) in [5.41, 5.74) is 2.17. The van der Waals surface area contributed by atoms with E-state index in [0.717, 1.165) is 38.3 Å². The van der Waals surface area contributed by atoms with E-state index in [1.165, 1.54) is 16.9 Å². The normalized spacial score (nSPS) is 14.8. The molecule has 1 aliphatic rings. The number of quaternary nitrogens is 1. The summed E-state index contributed by atoms with van der Waals surface area (Å²) in [6.07, 6.45) is 1.44. The van der Waals surface area contributed by atoms with Gasteiger partial charge in [-0.05, 0) is 17.7 Å². The number of benzene rings is 2. The van der Waals surface area contributed by atoms with Gasteiger partial charge in [-0.2, -0.15) is 0 Å². The number of ether oxygens (including phenoxy) is 1. The molecular formula is C23H25N2O3+. The van der Waals surface area contributed by atoms with Crippen molar-refractivity contribution in [2.45, 2.75) is 13.2 Å². The van der Waals surface area contributed by atoms with Crippen molar-refractivity contribution in [2.24, 2.45) is 0 Å². The predicted octanol–water partition coefficient (Wildman–Crippen LogP) is 2.12. The Hall–Kier alpha value is -3.05. The molecule has 1 aromatic heterocycles. The number of hydrogen-bond acceptors (Lipinski definition) is 4. The lowest BCUT2D eigenvalue weighted by Crippen LogP contribution is -3.13. The predicted molar refractivity (Wildman–Crippen MR) is 109 cm³/mol. The number of hydrogen-bond donors (Lipinski definition) is 1. The van der Waals surface area contributed by atoms with Crippen LogP contribution in [-0.4, -0.2) is 26.2 Å². The van der Waals surface area contributed by atoms with Gasteiger partial charge in [0.05, 0.1) is 26.2 Å². The molecule has 28 heavy (non-hydrogen) atoms. The summed E-state index contributed by atoms with van der Waals surface area (Å²) in [7, 11) is 0. The van der Waals surface area contributed by atoms with Crippen molar-refractivity contribution in [3.05, 3.63) is 94.5 Å². The average Bonchev–Trinajstić information content (AvgIpc) is 2.75. The Balaban J connectivity index is 1.31. The second-order valence-corrected chi connectivity index (χ2v) is 7.10. The van der Waals surface area contributed by atoms with Crippen LogP contribution in [0.4, 0.5) is 5.69 Å². The van der Waals surface area contributed by atoms with E-state index < -0.39 is 0 Å². The highest BCUT2D eigenvalue weighted by Gasteiger charge is 2.21. The highest BCUT2D eigenvalue weighted by Crippen LogP contribution is 2.13. The lowest BCUT2D eigenvalue weighted by molar-refractivity contribution is -0.915. The molecule has 1 fully saturated rings. The van der Waals surface area contributed by atoms with E-state index in [9.17, 15) is 4.79 Å². The lowest BCUT2D eigenvalue weighted by Gasteiger charge is -2.33. The quantitative estimate of drug-likeness (QED) is 0.715. The van der Waals surface area contributed by atoms with Crippen LogP contribution in [0.25, 0.3) is 0 Å². The monoisotopic (exact) mass is 377 g/mol. The maximum atomic E-state index is 12.3. The molecule has 0 radical (unpaired) electrons. The molecule has 2 heterocycles. The number of nitrogens with one attached hydrogen (secondary N) is 1. The van der Waals surface area contributed by atoms with E-state index in [2.05, 4.69) is 29.2 Å². The summed E-state index contributed by atoms with van der Waals surface area (Å²) in [5, 5.41) is 0. The number of rotatable bonds is 6. The molecule has 144 valence electrons. The number of nitrogens with zero attached hydrogens (tertiary/aromatic N) is 1. The fourth-order valence-corrected chi connectivity index (χ4v) is 3.51. The van der Waals surface area contributed by atoms with Gasteiger partial charge in [-0.15, -0.1) is 0 Å². The van der Waals surface area contributed by atoms with Crippen molar-refractivity contribution in [3.8, 4) is 5.75 Å². The first-order valence-corrected chi connectivity index (χ1v) is 9.70. The molecular weight excluding hydrogens is 352 g/mol. The minimum absolute atomic E-state index is 0.125. The average molecular weight is 377 g/mol. The third-order valence-corrected chi connectivity index (χ3v) is 5.11. The molecule has 5 heteroatoms. The lowest BCUT2D eigenvalue weighted by atomic mass is 10.2. The van der Waals surface area contributed by atoms with Crippen molar-refractivity contribution >= 4 is 5.69 Å². The Morgan fingerprint density at radius 2 is 1.64 bits per heavy atom. The summed E-state index contributed by atoms with van der Waals surface area (Å²) in [6.45, 7) is 5.12. The van der Waals surface area contributed by atoms with Crippen molar-refractivity contribution in [1.29, 1.82) is 0 Å². The Morgan fingerprint density at radius 3 is 2.32 bits per heavy atom. The van der Waals surface area contributed by atoms with Crippen LogP contribution in [0.1, 0.15) is 11.3 Å². The molecule has 2 aromatic carbocycles. The van der Waals surface area contributed by atoms with Gasteiger partial charge in [-0.25, -0.2) is 0 Å². The van der Waals surface area contributed by atoms with Gasteiger partial charge in [0.1, 0.15) is 19.4 Å². The minimum atomic E-state index is -0.125. The van der Waals surface area contributed by atoms with Crippen LogP contribution in [0.2, 0.25) is 0 Å². The minimum Gasteiger partial charge on any atom is -0.482 e. The Bertz CT molecular complexity index is 933. The van der Waals surface area contributed by atoms with Crippen LogP contribution in [0.15, 0.2) is 82.2 Å². The highest BCUT2D eigenvalue weighted by molar-refractivity contribution is 5.46. The molecule has 0 unspecified atom stereocenters. The summed E-state index contributed by atoms with van der Waals surface area (Å²) in [4.78, 5) is 16.2. The zero-order valence-electron chi connectivity index (χ0n) is 15.8. The Morgan fingerprint density at radius 1 is 0.964 bits per heavy atom. The van der Waals surface area contributed by atoms with E-state index >= 15 is 0 Å². The van der Waals surface area contributed by atoms with Crippen LogP contribution in [0, 0.1) is 0 Å². The standard InChI is InChI=1S/C23H24N2O3/c26-22-15-21(27-18-23(22)28-17-19-7-3-1-4-8-19)16-24-11-13-25(14-12-24)20-9-5-2-6-10-20/h1-10,15,18H,11-14,16-17H2/p+1. The molecule has 1 N–H and O–H groups in total. The zero-order chi connectivity index (χ0) is 19.2. The van der Waals surface area contributed by atoms with Gasteiger partial charge in [-0.3, -0.25) is 4.79 Å². The Kier molecular flexibility index (Phi) is 5.73. The highest BCUT2D eigenvalue weighted by atomic mass is 16.5. The van der Waals surface area contributed by atoms with E-state index in [1.54, 1.807) is 6.07 Å². The van der Waals surface area contributed by atoms with Gasteiger partial charge in [0.2, 0.25) is 11.2 Å². The van der Waals surface area contributed by atoms with E-state index in [1.807, 2.05) is 36.4 Å². The summed E-state index contributed by atoms with van der Waals surface area (Å²) >= 11 is 0. The van der Waals surface area contributed by atoms with Crippen LogP contribution < -0.4 is 20.0 Å². The van der Waals surface area contributed by atoms with E-state index in [-0.39, 0.29) is 11.2 Å². The van der Waals surface area contributed by atoms with Gasteiger partial charge < -0.3 is 19.0 Å². The zero-order valence-corrected chi connectivity index (χ0v) is 15.8. The molecule has 5 nitrogen and oxygen atoms in total. The van der Waals surface area contributed by atoms with E-state index in [0.29, 0.717) is 12.4 Å². The SMILES string of the molecule is O=c1cc(C[NH+]2CCN(c3ccccc3)CC2)occ1OCc1ccccc1. The molecule has 0 aliphatic carbocycles. The fourth-order valence-electron chi connectivity index (χ4n) is 3.51. The van der Waals surface area contributed by atoms with Crippen molar-refractivity contribution in [1.82, 2.24) is 0 Å². The van der Waals surface area contributed by atoms with Crippen LogP contribution >= 0.6 is 0 Å². The van der Waals surface area contributed by atoms with Crippen LogP contribution in [0.3, 0.4) is 0 Å². The molecule has 0 bridgehead atoms. The summed E-state index contributed by atoms with van der Waals surface area (Å²) in [6, 6.07) is 21.8. The summed E-state index contributed by atoms with van der Waals surface area (Å²) < 4.78 is 11.3. The van der Waals surface area contributed by atoms with Crippen molar-refractivity contribution < 1.29 is 14.1 Å². The topological polar surface area (TPSA) is 47.1 Å². The maximum Gasteiger partial charge on any atom is 0.227 e. The molecule has 3 aromatic rings.